The van der Waals surface area contributed by atoms with Crippen molar-refractivity contribution in [3.05, 3.63) is 0 Å². The molecular formula is C4H8OTi. The molecule has 0 saturated carbocycles. The fourth-order valence-electron chi connectivity index (χ4n) is 0. The van der Waals surface area contributed by atoms with Gasteiger partial charge in [-0.05, 0) is 6.92 Å². The molecule has 34 valence electrons. The molecular weight excluding hydrogens is 112 g/mol. The van der Waals surface area contributed by atoms with Gasteiger partial charge in [-0.1, -0.05) is 6.92 Å². The van der Waals surface area contributed by atoms with Crippen molar-refractivity contribution < 1.29 is 26.5 Å². The fourth-order valence-corrected chi connectivity index (χ4v) is 0. The van der Waals surface area contributed by atoms with E-state index in [1.165, 1.54) is 0 Å². The van der Waals surface area contributed by atoms with E-state index in [2.05, 4.69) is 0 Å². The van der Waals surface area contributed by atoms with Gasteiger partial charge in [0.05, 0.1) is 0 Å². The number of carbonyl (C=O) groups excluding carboxylic acids is 1. The second-order valence-electron chi connectivity index (χ2n) is 1.06. The summed E-state index contributed by atoms with van der Waals surface area (Å²) >= 11 is 0. The molecule has 6 heavy (non-hydrogen) atoms. The molecule has 0 aromatic carbocycles. The smallest absolute Gasteiger partial charge is 0.129 e. The summed E-state index contributed by atoms with van der Waals surface area (Å²) in [6.07, 6.45) is 0.667. The summed E-state index contributed by atoms with van der Waals surface area (Å²) in [6, 6.07) is 0. The van der Waals surface area contributed by atoms with E-state index in [1.807, 2.05) is 6.92 Å². The summed E-state index contributed by atoms with van der Waals surface area (Å²) in [5.41, 5.74) is 0. The van der Waals surface area contributed by atoms with Crippen molar-refractivity contribution in [3.63, 3.8) is 0 Å². The standard InChI is InChI=1S/C4H8O.Ti/c1-3-4(2)5;/h3H2,1-2H3;. The van der Waals surface area contributed by atoms with Gasteiger partial charge in [0.15, 0.2) is 0 Å². The number of hydrogen-bond acceptors (Lipinski definition) is 1. The summed E-state index contributed by atoms with van der Waals surface area (Å²) in [4.78, 5) is 9.81. The van der Waals surface area contributed by atoms with Crippen molar-refractivity contribution >= 4 is 5.78 Å². The van der Waals surface area contributed by atoms with Crippen molar-refractivity contribution in [1.82, 2.24) is 0 Å². The normalized spacial score (nSPS) is 6.33. The van der Waals surface area contributed by atoms with Crippen LogP contribution in [-0.2, 0) is 26.5 Å². The van der Waals surface area contributed by atoms with Gasteiger partial charge in [-0.25, -0.2) is 0 Å². The molecule has 0 aliphatic carbocycles. The van der Waals surface area contributed by atoms with Crippen LogP contribution in [0.1, 0.15) is 20.3 Å². The van der Waals surface area contributed by atoms with Crippen molar-refractivity contribution in [2.24, 2.45) is 0 Å². The zero-order valence-corrected chi connectivity index (χ0v) is 5.68. The molecule has 0 N–H and O–H groups in total. The van der Waals surface area contributed by atoms with E-state index in [4.69, 9.17) is 0 Å². The van der Waals surface area contributed by atoms with Crippen LogP contribution in [0, 0.1) is 0 Å². The molecule has 1 nitrogen and oxygen atoms in total. The maximum Gasteiger partial charge on any atom is 0.129 e. The van der Waals surface area contributed by atoms with Gasteiger partial charge in [-0.15, -0.1) is 0 Å². The molecule has 0 bridgehead atoms. The van der Waals surface area contributed by atoms with Crippen LogP contribution in [0.4, 0.5) is 0 Å². The van der Waals surface area contributed by atoms with Gasteiger partial charge in [-0.3, -0.25) is 0 Å². The first-order valence-electron chi connectivity index (χ1n) is 1.76. The molecule has 0 aromatic heterocycles. The first-order chi connectivity index (χ1) is 2.27. The van der Waals surface area contributed by atoms with Crippen molar-refractivity contribution in [1.29, 1.82) is 0 Å². The number of ketones is 1. The van der Waals surface area contributed by atoms with E-state index in [-0.39, 0.29) is 27.5 Å². The minimum atomic E-state index is 0. The summed E-state index contributed by atoms with van der Waals surface area (Å²) in [6.45, 7) is 3.43. The van der Waals surface area contributed by atoms with Gasteiger partial charge >= 0.3 is 0 Å². The van der Waals surface area contributed by atoms with Gasteiger partial charge in [0.1, 0.15) is 5.78 Å². The summed E-state index contributed by atoms with van der Waals surface area (Å²) in [5, 5.41) is 0. The van der Waals surface area contributed by atoms with Crippen LogP contribution < -0.4 is 0 Å². The molecule has 0 rings (SSSR count). The summed E-state index contributed by atoms with van der Waals surface area (Å²) in [7, 11) is 0. The topological polar surface area (TPSA) is 17.1 Å². The second-order valence-corrected chi connectivity index (χ2v) is 1.06. The number of Topliss-reactive ketones (excluding diaryl/α,β-unsaturated/α-hetero) is 1. The Morgan fingerprint density at radius 2 is 1.83 bits per heavy atom. The zero-order valence-electron chi connectivity index (χ0n) is 4.12. The van der Waals surface area contributed by atoms with E-state index >= 15 is 0 Å². The predicted molar refractivity (Wildman–Crippen MR) is 21.0 cm³/mol. The molecule has 0 aliphatic heterocycles. The van der Waals surface area contributed by atoms with Crippen LogP contribution in [0.3, 0.4) is 0 Å². The molecule has 0 aromatic rings. The Hall–Kier alpha value is 0.384. The first kappa shape index (κ1) is 9.63. The average molecular weight is 120 g/mol. The van der Waals surface area contributed by atoms with Crippen molar-refractivity contribution in [2.45, 2.75) is 20.3 Å². The van der Waals surface area contributed by atoms with Gasteiger partial charge in [0, 0.05) is 28.1 Å². The zero-order chi connectivity index (χ0) is 4.28. The molecule has 0 heterocycles. The summed E-state index contributed by atoms with van der Waals surface area (Å²) < 4.78 is 0. The maximum absolute atomic E-state index is 9.81. The first-order valence-corrected chi connectivity index (χ1v) is 1.76. The van der Waals surface area contributed by atoms with Crippen LogP contribution in [-0.4, -0.2) is 5.78 Å². The molecule has 0 atom stereocenters. The number of hydrogen-bond donors (Lipinski definition) is 0. The van der Waals surface area contributed by atoms with Crippen LogP contribution in [0.2, 0.25) is 0 Å². The SMILES string of the molecule is CCC(C)=O.[Ti]. The third-order valence-corrected chi connectivity index (χ3v) is 0.498. The van der Waals surface area contributed by atoms with Crippen LogP contribution >= 0.6 is 0 Å². The third-order valence-electron chi connectivity index (χ3n) is 0.498. The number of carbonyl (C=O) groups is 1. The fraction of sp³-hybridized carbons (Fsp3) is 0.750. The van der Waals surface area contributed by atoms with Gasteiger partial charge < -0.3 is 4.79 Å². The van der Waals surface area contributed by atoms with Gasteiger partial charge in [-0.2, -0.15) is 0 Å². The molecule has 0 fully saturated rings. The van der Waals surface area contributed by atoms with E-state index < -0.39 is 0 Å². The maximum atomic E-state index is 9.81. The Balaban J connectivity index is 0. The Morgan fingerprint density at radius 3 is 1.83 bits per heavy atom. The predicted octanol–water partition coefficient (Wildman–Crippen LogP) is 0.983. The molecule has 0 radical (unpaired) electrons. The molecule has 0 spiro atoms. The minimum Gasteiger partial charge on any atom is -0.300 e. The van der Waals surface area contributed by atoms with Crippen molar-refractivity contribution in [2.75, 3.05) is 0 Å². The summed E-state index contributed by atoms with van der Waals surface area (Å²) in [5.74, 6) is 0.255. The van der Waals surface area contributed by atoms with Crippen LogP contribution in [0.5, 0.6) is 0 Å². The Bertz CT molecular complexity index is 42.8. The minimum absolute atomic E-state index is 0. The molecule has 0 unspecified atom stereocenters. The van der Waals surface area contributed by atoms with Gasteiger partial charge in [0.2, 0.25) is 0 Å². The Morgan fingerprint density at radius 1 is 1.67 bits per heavy atom. The largest absolute Gasteiger partial charge is 0.300 e. The second kappa shape index (κ2) is 5.38. The molecule has 2 heteroatoms. The van der Waals surface area contributed by atoms with E-state index in [9.17, 15) is 4.79 Å². The van der Waals surface area contributed by atoms with Crippen molar-refractivity contribution in [3.8, 4) is 0 Å². The molecule has 0 aliphatic rings. The van der Waals surface area contributed by atoms with E-state index in [0.29, 0.717) is 6.42 Å². The number of rotatable bonds is 1. The van der Waals surface area contributed by atoms with E-state index in [0.717, 1.165) is 0 Å². The quantitative estimate of drug-likeness (QED) is 0.471. The van der Waals surface area contributed by atoms with Crippen LogP contribution in [0.15, 0.2) is 0 Å². The van der Waals surface area contributed by atoms with E-state index in [1.54, 1.807) is 6.92 Å². The van der Waals surface area contributed by atoms with Crippen LogP contribution in [0.25, 0.3) is 0 Å². The molecule has 0 saturated heterocycles. The Labute approximate surface area is 53.0 Å². The monoisotopic (exact) mass is 120 g/mol. The molecule has 0 amide bonds. The third kappa shape index (κ3) is 8.83. The average Bonchev–Trinajstić information content (AvgIpc) is 1.38. The van der Waals surface area contributed by atoms with Gasteiger partial charge in [0.25, 0.3) is 0 Å². The Kier molecular flexibility index (Phi) is 8.64.